The second-order valence-corrected chi connectivity index (χ2v) is 4.58. The zero-order chi connectivity index (χ0) is 9.42. The molecule has 0 aliphatic rings. The van der Waals surface area contributed by atoms with Crippen LogP contribution in [0.5, 0.6) is 5.75 Å². The van der Waals surface area contributed by atoms with Gasteiger partial charge in [0.25, 0.3) is 0 Å². The van der Waals surface area contributed by atoms with E-state index in [1.165, 1.54) is 0 Å². The van der Waals surface area contributed by atoms with Crippen molar-refractivity contribution in [3.8, 4) is 5.75 Å². The first-order valence-corrected chi connectivity index (χ1v) is 5.46. The zero-order valence-electron chi connectivity index (χ0n) is 6.77. The van der Waals surface area contributed by atoms with Crippen LogP contribution in [0.1, 0.15) is 0 Å². The van der Waals surface area contributed by atoms with E-state index >= 15 is 0 Å². The van der Waals surface area contributed by atoms with Crippen LogP contribution >= 0.6 is 38.5 Å². The first-order valence-electron chi connectivity index (χ1n) is 3.59. The minimum Gasteiger partial charge on any atom is -0.496 e. The van der Waals surface area contributed by atoms with Crippen LogP contribution in [0, 0.1) is 3.57 Å². The smallest absolute Gasteiger partial charge is 0.132 e. The highest BCUT2D eigenvalue weighted by molar-refractivity contribution is 14.1. The van der Waals surface area contributed by atoms with Crippen LogP contribution in [-0.2, 0) is 0 Å². The molecule has 1 aromatic carbocycles. The lowest BCUT2D eigenvalue weighted by atomic mass is 10.2. The fourth-order valence-electron chi connectivity index (χ4n) is 1.20. The number of benzene rings is 1. The third-order valence-corrected chi connectivity index (χ3v) is 2.96. The molecule has 0 aliphatic heterocycles. The minimum atomic E-state index is 0.836. The van der Waals surface area contributed by atoms with E-state index < -0.39 is 0 Å². The number of nitrogens with one attached hydrogen (secondary N) is 1. The lowest BCUT2D eigenvalue weighted by Crippen LogP contribution is -1.85. The fourth-order valence-corrected chi connectivity index (χ4v) is 2.27. The Balaban J connectivity index is 2.85. The van der Waals surface area contributed by atoms with Crippen molar-refractivity contribution in [2.75, 3.05) is 7.11 Å². The van der Waals surface area contributed by atoms with E-state index in [-0.39, 0.29) is 0 Å². The summed E-state index contributed by atoms with van der Waals surface area (Å²) < 4.78 is 7.22. The normalized spacial score (nSPS) is 10.7. The van der Waals surface area contributed by atoms with Crippen LogP contribution < -0.4 is 4.74 Å². The van der Waals surface area contributed by atoms with E-state index in [4.69, 9.17) is 4.74 Å². The summed E-state index contributed by atoms with van der Waals surface area (Å²) in [4.78, 5) is 0. The van der Waals surface area contributed by atoms with Gasteiger partial charge in [-0.15, -0.1) is 0 Å². The number of rotatable bonds is 1. The van der Waals surface area contributed by atoms with E-state index in [0.29, 0.717) is 0 Å². The van der Waals surface area contributed by atoms with Crippen LogP contribution in [-0.4, -0.2) is 17.3 Å². The lowest BCUT2D eigenvalue weighted by molar-refractivity contribution is 0.419. The van der Waals surface area contributed by atoms with Gasteiger partial charge in [-0.05, 0) is 50.7 Å². The molecule has 0 atom stereocenters. The number of halogens is 2. The summed E-state index contributed by atoms with van der Waals surface area (Å²) >= 11 is 5.62. The third-order valence-electron chi connectivity index (χ3n) is 1.76. The molecule has 0 fully saturated rings. The van der Waals surface area contributed by atoms with Crippen molar-refractivity contribution in [2.24, 2.45) is 0 Å². The molecule has 2 aromatic rings. The van der Waals surface area contributed by atoms with Gasteiger partial charge in [-0.1, -0.05) is 0 Å². The molecule has 0 saturated heterocycles. The van der Waals surface area contributed by atoms with Crippen LogP contribution in [0.4, 0.5) is 0 Å². The van der Waals surface area contributed by atoms with Crippen molar-refractivity contribution in [2.45, 2.75) is 0 Å². The molecule has 0 spiro atoms. The molecule has 2 rings (SSSR count). The number of aromatic amines is 1. The van der Waals surface area contributed by atoms with Gasteiger partial charge in [-0.2, -0.15) is 5.10 Å². The Kier molecular flexibility index (Phi) is 2.46. The number of nitrogens with zero attached hydrogens (tertiary/aromatic N) is 1. The van der Waals surface area contributed by atoms with E-state index in [2.05, 4.69) is 48.7 Å². The van der Waals surface area contributed by atoms with Gasteiger partial charge < -0.3 is 4.74 Å². The maximum Gasteiger partial charge on any atom is 0.132 e. The van der Waals surface area contributed by atoms with Gasteiger partial charge >= 0.3 is 0 Å². The van der Waals surface area contributed by atoms with Crippen molar-refractivity contribution in [1.29, 1.82) is 0 Å². The monoisotopic (exact) mass is 352 g/mol. The Hall–Kier alpha value is -0.300. The number of fused-ring (bicyclic) bond motifs is 1. The number of methoxy groups -OCH3 is 1. The van der Waals surface area contributed by atoms with E-state index in [0.717, 1.165) is 24.8 Å². The van der Waals surface area contributed by atoms with Crippen LogP contribution in [0.25, 0.3) is 10.9 Å². The highest BCUT2D eigenvalue weighted by Crippen LogP contribution is 2.32. The molecule has 0 bridgehead atoms. The van der Waals surface area contributed by atoms with Gasteiger partial charge in [-0.3, -0.25) is 5.10 Å². The van der Waals surface area contributed by atoms with Gasteiger partial charge in [0.15, 0.2) is 0 Å². The topological polar surface area (TPSA) is 37.9 Å². The molecular weight excluding hydrogens is 347 g/mol. The van der Waals surface area contributed by atoms with Crippen molar-refractivity contribution >= 4 is 49.4 Å². The largest absolute Gasteiger partial charge is 0.496 e. The first kappa shape index (κ1) is 9.26. The molecule has 0 radical (unpaired) electrons. The van der Waals surface area contributed by atoms with Gasteiger partial charge in [0.1, 0.15) is 10.4 Å². The number of hydrogen-bond donors (Lipinski definition) is 1. The predicted octanol–water partition coefficient (Wildman–Crippen LogP) is 2.94. The predicted molar refractivity (Wildman–Crippen MR) is 63.1 cm³/mol. The van der Waals surface area contributed by atoms with Gasteiger partial charge in [0.2, 0.25) is 0 Å². The maximum absolute atomic E-state index is 5.25. The Morgan fingerprint density at radius 3 is 3.00 bits per heavy atom. The molecule has 68 valence electrons. The number of H-pyrrole nitrogens is 1. The van der Waals surface area contributed by atoms with Crippen molar-refractivity contribution in [1.82, 2.24) is 10.2 Å². The van der Waals surface area contributed by atoms with Gasteiger partial charge in [0.05, 0.1) is 18.0 Å². The average Bonchev–Trinajstić information content (AvgIpc) is 2.46. The summed E-state index contributed by atoms with van der Waals surface area (Å²) in [6.45, 7) is 0. The average molecular weight is 353 g/mol. The van der Waals surface area contributed by atoms with E-state index in [9.17, 15) is 0 Å². The van der Waals surface area contributed by atoms with E-state index in [1.807, 2.05) is 12.1 Å². The van der Waals surface area contributed by atoms with Crippen molar-refractivity contribution < 1.29 is 4.74 Å². The first-order chi connectivity index (χ1) is 6.22. The SMILES string of the molecule is COc1cc(I)cc2n[nH]c(Br)c12. The maximum atomic E-state index is 5.25. The molecule has 1 aromatic heterocycles. The quantitative estimate of drug-likeness (QED) is 0.801. The summed E-state index contributed by atoms with van der Waals surface area (Å²) in [7, 11) is 1.66. The standard InChI is InChI=1S/C8H6BrIN2O/c1-13-6-3-4(10)2-5-7(6)8(9)12-11-5/h2-3H,1H3,(H,11,12). The second kappa shape index (κ2) is 3.45. The van der Waals surface area contributed by atoms with Gasteiger partial charge in [0, 0.05) is 3.57 Å². The Morgan fingerprint density at radius 1 is 1.54 bits per heavy atom. The van der Waals surface area contributed by atoms with Gasteiger partial charge in [-0.25, -0.2) is 0 Å². The Labute approximate surface area is 97.1 Å². The third kappa shape index (κ3) is 1.54. The minimum absolute atomic E-state index is 0.836. The van der Waals surface area contributed by atoms with Crippen LogP contribution in [0.2, 0.25) is 0 Å². The van der Waals surface area contributed by atoms with Crippen molar-refractivity contribution in [3.05, 3.63) is 20.3 Å². The fraction of sp³-hybridized carbons (Fsp3) is 0.125. The Bertz CT molecular complexity index is 455. The number of ether oxygens (including phenoxy) is 1. The zero-order valence-corrected chi connectivity index (χ0v) is 10.5. The molecule has 1 N–H and O–H groups in total. The molecule has 3 nitrogen and oxygen atoms in total. The highest BCUT2D eigenvalue weighted by Gasteiger charge is 2.09. The summed E-state index contributed by atoms with van der Waals surface area (Å²) in [5.41, 5.74) is 0.913. The van der Waals surface area contributed by atoms with Crippen LogP contribution in [0.15, 0.2) is 16.7 Å². The molecule has 1 heterocycles. The Morgan fingerprint density at radius 2 is 2.31 bits per heavy atom. The lowest BCUT2D eigenvalue weighted by Gasteiger charge is -2.01. The summed E-state index contributed by atoms with van der Waals surface area (Å²) in [5.74, 6) is 0.836. The summed E-state index contributed by atoms with van der Waals surface area (Å²) in [6.07, 6.45) is 0. The number of aromatic nitrogens is 2. The molecule has 0 unspecified atom stereocenters. The summed E-state index contributed by atoms with van der Waals surface area (Å²) in [5, 5.41) is 7.98. The molecule has 5 heteroatoms. The van der Waals surface area contributed by atoms with E-state index in [1.54, 1.807) is 7.11 Å². The van der Waals surface area contributed by atoms with Crippen molar-refractivity contribution in [3.63, 3.8) is 0 Å². The molecule has 13 heavy (non-hydrogen) atoms. The molecular formula is C8H6BrIN2O. The summed E-state index contributed by atoms with van der Waals surface area (Å²) in [6, 6.07) is 3.98. The highest BCUT2D eigenvalue weighted by atomic mass is 127. The molecule has 0 amide bonds. The molecule has 0 saturated carbocycles. The second-order valence-electron chi connectivity index (χ2n) is 2.54. The van der Waals surface area contributed by atoms with Crippen LogP contribution in [0.3, 0.4) is 0 Å². The number of hydrogen-bond acceptors (Lipinski definition) is 2. The molecule has 0 aliphatic carbocycles.